The fraction of sp³-hybridized carbons (Fsp3) is 0.357. The van der Waals surface area contributed by atoms with Gasteiger partial charge >= 0.3 is 5.97 Å². The van der Waals surface area contributed by atoms with Crippen molar-refractivity contribution in [1.82, 2.24) is 5.32 Å². The summed E-state index contributed by atoms with van der Waals surface area (Å²) < 4.78 is 0. The molecule has 0 unspecified atom stereocenters. The molecule has 3 N–H and O–H groups in total. The highest BCUT2D eigenvalue weighted by Gasteiger charge is 2.20. The lowest BCUT2D eigenvalue weighted by atomic mass is 10.1. The molecule has 2 amide bonds. The van der Waals surface area contributed by atoms with Crippen LogP contribution in [-0.2, 0) is 9.59 Å². The molecular formula is C14H18N2O4S. The molecule has 0 heterocycles. The monoisotopic (exact) mass is 310 g/mol. The summed E-state index contributed by atoms with van der Waals surface area (Å²) in [7, 11) is 0. The molecule has 0 fully saturated rings. The predicted octanol–water partition coefficient (Wildman–Crippen LogP) is 1.58. The van der Waals surface area contributed by atoms with Crippen molar-refractivity contribution in [3.8, 4) is 0 Å². The molecule has 0 aliphatic carbocycles. The van der Waals surface area contributed by atoms with Crippen LogP contribution in [0.4, 0.5) is 5.69 Å². The van der Waals surface area contributed by atoms with Crippen molar-refractivity contribution in [1.29, 1.82) is 0 Å². The second kappa shape index (κ2) is 8.31. The lowest BCUT2D eigenvalue weighted by Crippen LogP contribution is -2.41. The average Bonchev–Trinajstić information content (AvgIpc) is 2.43. The number of aliphatic carboxylic acids is 1. The van der Waals surface area contributed by atoms with Gasteiger partial charge in [0, 0.05) is 18.2 Å². The number of hydrogen-bond donors (Lipinski definition) is 3. The summed E-state index contributed by atoms with van der Waals surface area (Å²) in [4.78, 5) is 34.0. The van der Waals surface area contributed by atoms with Gasteiger partial charge in [0.05, 0.1) is 0 Å². The number of nitrogens with one attached hydrogen (secondary N) is 2. The molecule has 0 radical (unpaired) electrons. The predicted molar refractivity (Wildman–Crippen MR) is 82.6 cm³/mol. The van der Waals surface area contributed by atoms with E-state index in [-0.39, 0.29) is 5.91 Å². The molecule has 114 valence electrons. The van der Waals surface area contributed by atoms with E-state index < -0.39 is 17.9 Å². The van der Waals surface area contributed by atoms with Crippen LogP contribution < -0.4 is 10.6 Å². The van der Waals surface area contributed by atoms with E-state index in [0.29, 0.717) is 23.4 Å². The summed E-state index contributed by atoms with van der Waals surface area (Å²) in [5.74, 6) is -1.04. The Morgan fingerprint density at radius 3 is 2.33 bits per heavy atom. The van der Waals surface area contributed by atoms with E-state index in [1.54, 1.807) is 12.1 Å². The van der Waals surface area contributed by atoms with Gasteiger partial charge in [-0.2, -0.15) is 11.8 Å². The first-order valence-corrected chi connectivity index (χ1v) is 7.73. The Morgan fingerprint density at radius 2 is 1.86 bits per heavy atom. The van der Waals surface area contributed by atoms with Crippen molar-refractivity contribution in [3.63, 3.8) is 0 Å². The van der Waals surface area contributed by atoms with Gasteiger partial charge in [-0.05, 0) is 42.7 Å². The van der Waals surface area contributed by atoms with E-state index in [0.717, 1.165) is 0 Å². The number of hydrogen-bond acceptors (Lipinski definition) is 4. The minimum atomic E-state index is -1.05. The Hall–Kier alpha value is -2.02. The van der Waals surface area contributed by atoms with Gasteiger partial charge in [-0.25, -0.2) is 4.79 Å². The largest absolute Gasteiger partial charge is 0.480 e. The average molecular weight is 310 g/mol. The second-order valence-corrected chi connectivity index (χ2v) is 5.39. The molecule has 1 aromatic rings. The zero-order valence-electron chi connectivity index (χ0n) is 11.9. The van der Waals surface area contributed by atoms with E-state index in [9.17, 15) is 14.4 Å². The maximum Gasteiger partial charge on any atom is 0.326 e. The lowest BCUT2D eigenvalue weighted by Gasteiger charge is -2.14. The van der Waals surface area contributed by atoms with Crippen molar-refractivity contribution in [2.45, 2.75) is 19.4 Å². The van der Waals surface area contributed by atoms with Gasteiger partial charge in [-0.1, -0.05) is 0 Å². The topological polar surface area (TPSA) is 95.5 Å². The Bertz CT molecular complexity index is 516. The van der Waals surface area contributed by atoms with E-state index in [4.69, 9.17) is 5.11 Å². The van der Waals surface area contributed by atoms with Crippen LogP contribution in [0.5, 0.6) is 0 Å². The first kappa shape index (κ1) is 17.0. The molecule has 7 heteroatoms. The van der Waals surface area contributed by atoms with Gasteiger partial charge < -0.3 is 15.7 Å². The fourth-order valence-corrected chi connectivity index (χ4v) is 2.11. The van der Waals surface area contributed by atoms with E-state index in [1.165, 1.54) is 30.8 Å². The van der Waals surface area contributed by atoms with E-state index in [2.05, 4.69) is 10.6 Å². The fourth-order valence-electron chi connectivity index (χ4n) is 1.64. The molecule has 0 spiro atoms. The normalized spacial score (nSPS) is 11.5. The zero-order chi connectivity index (χ0) is 15.8. The third-order valence-electron chi connectivity index (χ3n) is 2.68. The van der Waals surface area contributed by atoms with Gasteiger partial charge in [0.25, 0.3) is 5.91 Å². The molecular weight excluding hydrogens is 292 g/mol. The highest BCUT2D eigenvalue weighted by molar-refractivity contribution is 7.98. The first-order chi connectivity index (χ1) is 9.93. The molecule has 1 atom stereocenters. The molecule has 1 rings (SSSR count). The van der Waals surface area contributed by atoms with Gasteiger partial charge in [-0.15, -0.1) is 0 Å². The molecule has 0 saturated carbocycles. The molecule has 0 bridgehead atoms. The molecule has 21 heavy (non-hydrogen) atoms. The van der Waals surface area contributed by atoms with Crippen LogP contribution in [-0.4, -0.2) is 40.9 Å². The Kier molecular flexibility index (Phi) is 6.74. The summed E-state index contributed by atoms with van der Waals surface area (Å²) in [6, 6.07) is 5.35. The van der Waals surface area contributed by atoms with Crippen LogP contribution in [0.1, 0.15) is 23.7 Å². The Labute approximate surface area is 127 Å². The van der Waals surface area contributed by atoms with Gasteiger partial charge in [0.15, 0.2) is 0 Å². The summed E-state index contributed by atoms with van der Waals surface area (Å²) in [6.07, 6.45) is 2.24. The van der Waals surface area contributed by atoms with Crippen LogP contribution in [0.3, 0.4) is 0 Å². The van der Waals surface area contributed by atoms with Crippen LogP contribution >= 0.6 is 11.8 Å². The van der Waals surface area contributed by atoms with Crippen molar-refractivity contribution < 1.29 is 19.5 Å². The SMILES string of the molecule is CSCC[C@H](NC(=O)c1ccc(NC(C)=O)cc1)C(=O)O. The number of amides is 2. The van der Waals surface area contributed by atoms with Crippen molar-refractivity contribution in [2.75, 3.05) is 17.3 Å². The van der Waals surface area contributed by atoms with Crippen LogP contribution in [0, 0.1) is 0 Å². The van der Waals surface area contributed by atoms with E-state index >= 15 is 0 Å². The Morgan fingerprint density at radius 1 is 1.24 bits per heavy atom. The Balaban J connectivity index is 2.69. The minimum Gasteiger partial charge on any atom is -0.480 e. The molecule has 0 saturated heterocycles. The number of carboxylic acid groups (broad SMARTS) is 1. The third kappa shape index (κ3) is 5.86. The maximum atomic E-state index is 12.0. The number of benzene rings is 1. The molecule has 0 aliphatic rings. The smallest absolute Gasteiger partial charge is 0.326 e. The summed E-state index contributed by atoms with van der Waals surface area (Å²) in [5, 5.41) is 14.1. The number of carboxylic acids is 1. The van der Waals surface area contributed by atoms with Crippen molar-refractivity contribution >= 4 is 35.2 Å². The second-order valence-electron chi connectivity index (χ2n) is 4.40. The van der Waals surface area contributed by atoms with Gasteiger partial charge in [0.2, 0.25) is 5.91 Å². The zero-order valence-corrected chi connectivity index (χ0v) is 12.7. The van der Waals surface area contributed by atoms with Crippen LogP contribution in [0.25, 0.3) is 0 Å². The van der Waals surface area contributed by atoms with Gasteiger partial charge in [-0.3, -0.25) is 9.59 Å². The molecule has 6 nitrogen and oxygen atoms in total. The van der Waals surface area contributed by atoms with Crippen LogP contribution in [0.15, 0.2) is 24.3 Å². The molecule has 0 aliphatic heterocycles. The molecule has 1 aromatic carbocycles. The minimum absolute atomic E-state index is 0.199. The number of anilines is 1. The summed E-state index contributed by atoms with van der Waals surface area (Å²) in [6.45, 7) is 1.39. The van der Waals surface area contributed by atoms with Crippen molar-refractivity contribution in [2.24, 2.45) is 0 Å². The number of rotatable bonds is 7. The van der Waals surface area contributed by atoms with Crippen LogP contribution in [0.2, 0.25) is 0 Å². The lowest BCUT2D eigenvalue weighted by molar-refractivity contribution is -0.139. The summed E-state index contributed by atoms with van der Waals surface area (Å²) >= 11 is 1.52. The number of carbonyl (C=O) groups excluding carboxylic acids is 2. The van der Waals surface area contributed by atoms with Gasteiger partial charge in [0.1, 0.15) is 6.04 Å². The highest BCUT2D eigenvalue weighted by atomic mass is 32.2. The first-order valence-electron chi connectivity index (χ1n) is 6.34. The van der Waals surface area contributed by atoms with Crippen molar-refractivity contribution in [3.05, 3.63) is 29.8 Å². The maximum absolute atomic E-state index is 12.0. The highest BCUT2D eigenvalue weighted by Crippen LogP contribution is 2.10. The number of thioether (sulfide) groups is 1. The third-order valence-corrected chi connectivity index (χ3v) is 3.33. The summed E-state index contributed by atoms with van der Waals surface area (Å²) in [5.41, 5.74) is 0.927. The van der Waals surface area contributed by atoms with E-state index in [1.807, 2.05) is 6.26 Å². The quantitative estimate of drug-likeness (QED) is 0.710. The standard InChI is InChI=1S/C14H18N2O4S/c1-9(17)15-11-5-3-10(4-6-11)13(18)16-12(14(19)20)7-8-21-2/h3-6,12H,7-8H2,1-2H3,(H,15,17)(H,16,18)(H,19,20)/t12-/m0/s1. The molecule has 0 aromatic heterocycles. The number of carbonyl (C=O) groups is 3.